The standard InChI is InChI=1S/C13H13N3O3S/c17-12(18)7-6-10(9-4-2-1-3-5-9)14-13(19)11-8-20-16-15-11/h1-5,8,10H,6-7H2,(H,14,19)(H,17,18). The van der Waals surface area contributed by atoms with E-state index in [-0.39, 0.29) is 24.1 Å². The zero-order valence-electron chi connectivity index (χ0n) is 10.5. The summed E-state index contributed by atoms with van der Waals surface area (Å²) in [4.78, 5) is 22.7. The van der Waals surface area contributed by atoms with Crippen LogP contribution < -0.4 is 5.32 Å². The molecule has 2 rings (SSSR count). The van der Waals surface area contributed by atoms with Crippen LogP contribution in [0, 0.1) is 0 Å². The van der Waals surface area contributed by atoms with Crippen LogP contribution >= 0.6 is 11.5 Å². The third kappa shape index (κ3) is 3.86. The van der Waals surface area contributed by atoms with E-state index in [1.54, 1.807) is 5.38 Å². The Kier molecular flexibility index (Phi) is 4.78. The van der Waals surface area contributed by atoms with Crippen LogP contribution in [0.2, 0.25) is 0 Å². The number of nitrogens with zero attached hydrogens (tertiary/aromatic N) is 2. The van der Waals surface area contributed by atoms with Gasteiger partial charge in [0.15, 0.2) is 5.69 Å². The minimum atomic E-state index is -0.893. The average molecular weight is 291 g/mol. The van der Waals surface area contributed by atoms with Crippen LogP contribution in [0.25, 0.3) is 0 Å². The highest BCUT2D eigenvalue weighted by molar-refractivity contribution is 7.03. The smallest absolute Gasteiger partial charge is 0.303 e. The van der Waals surface area contributed by atoms with E-state index in [0.717, 1.165) is 17.1 Å². The Morgan fingerprint density at radius 2 is 2.05 bits per heavy atom. The molecule has 1 aromatic heterocycles. The summed E-state index contributed by atoms with van der Waals surface area (Å²) in [5, 5.41) is 16.8. The zero-order chi connectivity index (χ0) is 14.4. The van der Waals surface area contributed by atoms with Gasteiger partial charge in [0, 0.05) is 11.8 Å². The highest BCUT2D eigenvalue weighted by Crippen LogP contribution is 2.19. The number of nitrogens with one attached hydrogen (secondary N) is 1. The third-order valence-corrected chi connectivity index (χ3v) is 3.25. The second-order valence-electron chi connectivity index (χ2n) is 4.16. The van der Waals surface area contributed by atoms with Crippen LogP contribution in [0.4, 0.5) is 0 Å². The van der Waals surface area contributed by atoms with E-state index in [4.69, 9.17) is 5.11 Å². The highest BCUT2D eigenvalue weighted by Gasteiger charge is 2.18. The van der Waals surface area contributed by atoms with Gasteiger partial charge in [-0.05, 0) is 23.5 Å². The van der Waals surface area contributed by atoms with Crippen LogP contribution in [0.1, 0.15) is 34.9 Å². The van der Waals surface area contributed by atoms with Crippen molar-refractivity contribution in [2.24, 2.45) is 0 Å². The molecule has 7 heteroatoms. The molecule has 0 aliphatic carbocycles. The molecule has 0 fully saturated rings. The minimum absolute atomic E-state index is 0.0187. The van der Waals surface area contributed by atoms with Gasteiger partial charge in [0.05, 0.1) is 6.04 Å². The summed E-state index contributed by atoms with van der Waals surface area (Å²) in [7, 11) is 0. The average Bonchev–Trinajstić information content (AvgIpc) is 2.98. The van der Waals surface area contributed by atoms with Gasteiger partial charge < -0.3 is 10.4 Å². The molecule has 104 valence electrons. The van der Waals surface area contributed by atoms with Crippen LogP contribution in [0.15, 0.2) is 35.7 Å². The van der Waals surface area contributed by atoms with Gasteiger partial charge in [0.2, 0.25) is 0 Å². The zero-order valence-corrected chi connectivity index (χ0v) is 11.3. The van der Waals surface area contributed by atoms with Gasteiger partial charge in [-0.3, -0.25) is 9.59 Å². The Balaban J connectivity index is 2.10. The molecular weight excluding hydrogens is 278 g/mol. The number of carboxylic acids is 1. The molecule has 0 radical (unpaired) electrons. The summed E-state index contributed by atoms with van der Waals surface area (Å²) in [5.41, 5.74) is 1.11. The van der Waals surface area contributed by atoms with E-state index in [0.29, 0.717) is 6.42 Å². The number of amides is 1. The van der Waals surface area contributed by atoms with E-state index >= 15 is 0 Å². The first-order chi connectivity index (χ1) is 9.66. The molecule has 0 saturated heterocycles. The van der Waals surface area contributed by atoms with Gasteiger partial charge in [-0.1, -0.05) is 34.8 Å². The Labute approximate surface area is 119 Å². The summed E-state index contributed by atoms with van der Waals surface area (Å²) in [6.07, 6.45) is 0.303. The van der Waals surface area contributed by atoms with Crippen molar-refractivity contribution in [1.29, 1.82) is 0 Å². The minimum Gasteiger partial charge on any atom is -0.481 e. The van der Waals surface area contributed by atoms with Gasteiger partial charge >= 0.3 is 5.97 Å². The number of hydrogen-bond acceptors (Lipinski definition) is 5. The number of carboxylic acid groups (broad SMARTS) is 1. The highest BCUT2D eigenvalue weighted by atomic mass is 32.1. The number of aliphatic carboxylic acids is 1. The van der Waals surface area contributed by atoms with Crippen LogP contribution in [-0.4, -0.2) is 26.6 Å². The molecule has 1 aromatic carbocycles. The molecule has 1 atom stereocenters. The first-order valence-electron chi connectivity index (χ1n) is 6.01. The monoisotopic (exact) mass is 291 g/mol. The number of aromatic nitrogens is 2. The molecular formula is C13H13N3O3S. The van der Waals surface area contributed by atoms with Crippen molar-refractivity contribution < 1.29 is 14.7 Å². The predicted octanol–water partition coefficient (Wildman–Crippen LogP) is 1.87. The lowest BCUT2D eigenvalue weighted by atomic mass is 10.0. The lowest BCUT2D eigenvalue weighted by Gasteiger charge is -2.17. The molecule has 0 aliphatic rings. The first kappa shape index (κ1) is 14.1. The second kappa shape index (κ2) is 6.76. The predicted molar refractivity (Wildman–Crippen MR) is 73.4 cm³/mol. The number of hydrogen-bond donors (Lipinski definition) is 2. The normalized spacial score (nSPS) is 11.8. The van der Waals surface area contributed by atoms with Crippen molar-refractivity contribution in [1.82, 2.24) is 14.9 Å². The molecule has 0 bridgehead atoms. The van der Waals surface area contributed by atoms with Crippen molar-refractivity contribution in [2.75, 3.05) is 0 Å². The molecule has 20 heavy (non-hydrogen) atoms. The third-order valence-electron chi connectivity index (χ3n) is 2.75. The molecule has 1 heterocycles. The molecule has 6 nitrogen and oxygen atoms in total. The van der Waals surface area contributed by atoms with Crippen LogP contribution in [0.5, 0.6) is 0 Å². The summed E-state index contributed by atoms with van der Waals surface area (Å²) in [5.74, 6) is -1.24. The van der Waals surface area contributed by atoms with Crippen molar-refractivity contribution in [3.63, 3.8) is 0 Å². The van der Waals surface area contributed by atoms with E-state index in [1.807, 2.05) is 30.3 Å². The summed E-state index contributed by atoms with van der Waals surface area (Å²) >= 11 is 1.09. The summed E-state index contributed by atoms with van der Waals surface area (Å²) in [6.45, 7) is 0. The van der Waals surface area contributed by atoms with Gasteiger partial charge in [-0.25, -0.2) is 0 Å². The summed E-state index contributed by atoms with van der Waals surface area (Å²) < 4.78 is 3.63. The SMILES string of the molecule is O=C(O)CCC(NC(=O)c1csnn1)c1ccccc1. The van der Waals surface area contributed by atoms with E-state index in [9.17, 15) is 9.59 Å². The Hall–Kier alpha value is -2.28. The molecule has 2 aromatic rings. The maximum Gasteiger partial charge on any atom is 0.303 e. The van der Waals surface area contributed by atoms with E-state index < -0.39 is 5.97 Å². The van der Waals surface area contributed by atoms with E-state index in [2.05, 4.69) is 14.9 Å². The van der Waals surface area contributed by atoms with Gasteiger partial charge in [0.1, 0.15) is 0 Å². The van der Waals surface area contributed by atoms with Gasteiger partial charge in [-0.15, -0.1) is 5.10 Å². The van der Waals surface area contributed by atoms with Crippen LogP contribution in [0.3, 0.4) is 0 Å². The van der Waals surface area contributed by atoms with Crippen LogP contribution in [-0.2, 0) is 4.79 Å². The second-order valence-corrected chi connectivity index (χ2v) is 4.77. The van der Waals surface area contributed by atoms with Crippen molar-refractivity contribution in [3.8, 4) is 0 Å². The number of carbonyl (C=O) groups is 2. The number of benzene rings is 1. The fourth-order valence-electron chi connectivity index (χ4n) is 1.77. The maximum absolute atomic E-state index is 12.0. The molecule has 2 N–H and O–H groups in total. The molecule has 0 saturated carbocycles. The lowest BCUT2D eigenvalue weighted by molar-refractivity contribution is -0.137. The van der Waals surface area contributed by atoms with E-state index in [1.165, 1.54) is 0 Å². The Bertz CT molecular complexity index is 572. The molecule has 0 spiro atoms. The lowest BCUT2D eigenvalue weighted by Crippen LogP contribution is -2.29. The summed E-state index contributed by atoms with van der Waals surface area (Å²) in [6, 6.07) is 8.91. The first-order valence-corrected chi connectivity index (χ1v) is 6.85. The van der Waals surface area contributed by atoms with Crippen molar-refractivity contribution in [2.45, 2.75) is 18.9 Å². The number of carbonyl (C=O) groups excluding carboxylic acids is 1. The number of rotatable bonds is 6. The fraction of sp³-hybridized carbons (Fsp3) is 0.231. The fourth-order valence-corrected chi connectivity index (χ4v) is 2.21. The largest absolute Gasteiger partial charge is 0.481 e. The van der Waals surface area contributed by atoms with Gasteiger partial charge in [-0.2, -0.15) is 0 Å². The Morgan fingerprint density at radius 3 is 2.65 bits per heavy atom. The maximum atomic E-state index is 12.0. The molecule has 0 aliphatic heterocycles. The van der Waals surface area contributed by atoms with Crippen molar-refractivity contribution >= 4 is 23.4 Å². The Morgan fingerprint density at radius 1 is 1.30 bits per heavy atom. The molecule has 1 amide bonds. The quantitative estimate of drug-likeness (QED) is 0.847. The van der Waals surface area contributed by atoms with Gasteiger partial charge in [0.25, 0.3) is 5.91 Å². The topological polar surface area (TPSA) is 92.2 Å². The molecule has 1 unspecified atom stereocenters. The van der Waals surface area contributed by atoms with Crippen molar-refractivity contribution in [3.05, 3.63) is 47.0 Å².